The number of alkyl halides is 3. The van der Waals surface area contributed by atoms with Crippen LogP contribution in [-0.2, 0) is 0 Å². The van der Waals surface area contributed by atoms with Crippen LogP contribution in [0.2, 0.25) is 0 Å². The summed E-state index contributed by atoms with van der Waals surface area (Å²) in [6.45, 7) is -0.103. The van der Waals surface area contributed by atoms with Crippen LogP contribution in [0.5, 0.6) is 0 Å². The minimum Gasteiger partial charge on any atom is -0.892 e. The summed E-state index contributed by atoms with van der Waals surface area (Å²) in [5.41, 5.74) is 0. The molecule has 1 heterocycles. The summed E-state index contributed by atoms with van der Waals surface area (Å²) in [4.78, 5) is 1.16. The number of likely N-dealkylation sites (N-methyl/N-ethyl adjacent to an activating group) is 1. The Morgan fingerprint density at radius 1 is 1.31 bits per heavy atom. The standard InChI is InChI=1S/C6H10BF3N2O2.2K/c1-11-2-3-12(4-7(13)14)6(9,10)5(11)8;;/h5H,2-4H2,1H3;;/q-2;2*+1. The van der Waals surface area contributed by atoms with Gasteiger partial charge in [-0.2, -0.15) is 8.78 Å². The van der Waals surface area contributed by atoms with Crippen LogP contribution in [0, 0.1) is 0 Å². The number of rotatable bonds is 2. The molecule has 0 radical (unpaired) electrons. The van der Waals surface area contributed by atoms with Gasteiger partial charge in [-0.3, -0.25) is 9.80 Å². The van der Waals surface area contributed by atoms with Crippen molar-refractivity contribution in [1.29, 1.82) is 0 Å². The van der Waals surface area contributed by atoms with Gasteiger partial charge in [-0.25, -0.2) is 4.39 Å². The molecule has 0 spiro atoms. The molecule has 1 saturated heterocycles. The molecule has 1 aliphatic rings. The molecule has 4 nitrogen and oxygen atoms in total. The van der Waals surface area contributed by atoms with Crippen molar-refractivity contribution in [2.45, 2.75) is 12.3 Å². The molecule has 0 saturated carbocycles. The first kappa shape index (κ1) is 21.3. The quantitative estimate of drug-likeness (QED) is 0.374. The minimum atomic E-state index is -3.75. The molecule has 0 amide bonds. The first-order valence-electron chi connectivity index (χ1n) is 4.14. The first-order chi connectivity index (χ1) is 6.35. The summed E-state index contributed by atoms with van der Waals surface area (Å²) >= 11 is 0. The molecule has 16 heavy (non-hydrogen) atoms. The van der Waals surface area contributed by atoms with Gasteiger partial charge in [0.05, 0.1) is 0 Å². The van der Waals surface area contributed by atoms with Crippen LogP contribution in [0.15, 0.2) is 0 Å². The molecule has 0 aromatic rings. The van der Waals surface area contributed by atoms with E-state index in [0.29, 0.717) is 4.90 Å². The summed E-state index contributed by atoms with van der Waals surface area (Å²) in [7, 11) is -1.15. The van der Waals surface area contributed by atoms with E-state index < -0.39 is 25.9 Å². The third-order valence-corrected chi connectivity index (χ3v) is 2.19. The maximum absolute atomic E-state index is 13.1. The average Bonchev–Trinajstić information content (AvgIpc) is 2.07. The van der Waals surface area contributed by atoms with E-state index in [0.717, 1.165) is 4.90 Å². The topological polar surface area (TPSA) is 52.6 Å². The zero-order valence-corrected chi connectivity index (χ0v) is 15.9. The fourth-order valence-electron chi connectivity index (χ4n) is 1.35. The van der Waals surface area contributed by atoms with Gasteiger partial charge < -0.3 is 10.0 Å². The Kier molecular flexibility index (Phi) is 12.0. The fraction of sp³-hybridized carbons (Fsp3) is 1.00. The Labute approximate surface area is 178 Å². The fourth-order valence-corrected chi connectivity index (χ4v) is 1.35. The minimum absolute atomic E-state index is 0. The third-order valence-electron chi connectivity index (χ3n) is 2.19. The number of nitrogens with zero attached hydrogens (tertiary/aromatic N) is 2. The molecule has 82 valence electrons. The largest absolute Gasteiger partial charge is 1.00 e. The molecule has 0 aliphatic carbocycles. The van der Waals surface area contributed by atoms with E-state index in [1.807, 2.05) is 0 Å². The van der Waals surface area contributed by atoms with Crippen molar-refractivity contribution in [3.8, 4) is 0 Å². The third kappa shape index (κ3) is 5.53. The second-order valence-electron chi connectivity index (χ2n) is 3.28. The van der Waals surface area contributed by atoms with Gasteiger partial charge in [-0.15, -0.1) is 0 Å². The summed E-state index contributed by atoms with van der Waals surface area (Å²) in [6.07, 6.45) is -3.34. The van der Waals surface area contributed by atoms with E-state index in [4.69, 9.17) is 0 Å². The van der Waals surface area contributed by atoms with Gasteiger partial charge >= 0.3 is 109 Å². The van der Waals surface area contributed by atoms with Crippen LogP contribution in [0.4, 0.5) is 13.2 Å². The Balaban J connectivity index is 0. The van der Waals surface area contributed by atoms with E-state index in [-0.39, 0.29) is 116 Å². The number of hydrogen-bond acceptors (Lipinski definition) is 4. The molecule has 0 aromatic heterocycles. The molecule has 10 heteroatoms. The van der Waals surface area contributed by atoms with Gasteiger partial charge in [0.2, 0.25) is 6.30 Å². The Bertz CT molecular complexity index is 216. The summed E-state index contributed by atoms with van der Waals surface area (Å²) in [6, 6.07) is -3.75. The summed E-state index contributed by atoms with van der Waals surface area (Å²) in [5.74, 6) is 0. The maximum Gasteiger partial charge on any atom is 1.00 e. The number of hydrogen-bond donors (Lipinski definition) is 0. The van der Waals surface area contributed by atoms with Crippen LogP contribution in [0.25, 0.3) is 0 Å². The van der Waals surface area contributed by atoms with E-state index >= 15 is 0 Å². The maximum atomic E-state index is 13.1. The van der Waals surface area contributed by atoms with Crippen LogP contribution >= 0.6 is 0 Å². The average molecular weight is 288 g/mol. The van der Waals surface area contributed by atoms with Crippen molar-refractivity contribution in [1.82, 2.24) is 9.80 Å². The SMILES string of the molecule is CN1CCN(CB([O-])[O-])C(F)(F)C1F.[K+].[K+]. The predicted molar refractivity (Wildman–Crippen MR) is 39.8 cm³/mol. The van der Waals surface area contributed by atoms with Gasteiger partial charge in [0.25, 0.3) is 0 Å². The van der Waals surface area contributed by atoms with Crippen LogP contribution in [-0.4, -0.2) is 55.8 Å². The van der Waals surface area contributed by atoms with Crippen molar-refractivity contribution >= 4 is 7.12 Å². The van der Waals surface area contributed by atoms with Gasteiger partial charge in [0, 0.05) is 13.1 Å². The summed E-state index contributed by atoms with van der Waals surface area (Å²) in [5, 5.41) is 20.4. The van der Waals surface area contributed by atoms with Gasteiger partial charge in [-0.1, -0.05) is 13.6 Å². The Morgan fingerprint density at radius 3 is 2.25 bits per heavy atom. The predicted octanol–water partition coefficient (Wildman–Crippen LogP) is -8.12. The van der Waals surface area contributed by atoms with E-state index in [1.54, 1.807) is 0 Å². The Morgan fingerprint density at radius 2 is 1.81 bits per heavy atom. The van der Waals surface area contributed by atoms with Gasteiger partial charge in [0.1, 0.15) is 0 Å². The van der Waals surface area contributed by atoms with Crippen molar-refractivity contribution in [3.05, 3.63) is 0 Å². The Hall–Kier alpha value is 2.97. The molecular weight excluding hydrogens is 278 g/mol. The smallest absolute Gasteiger partial charge is 0.892 e. The van der Waals surface area contributed by atoms with Gasteiger partial charge in [0.15, 0.2) is 0 Å². The van der Waals surface area contributed by atoms with Crippen LogP contribution in [0.3, 0.4) is 0 Å². The normalized spacial score (nSPS) is 25.5. The molecule has 1 atom stereocenters. The monoisotopic (exact) mass is 288 g/mol. The molecule has 1 fully saturated rings. The molecule has 0 N–H and O–H groups in total. The molecule has 0 bridgehead atoms. The zero-order chi connectivity index (χ0) is 10.9. The van der Waals surface area contributed by atoms with Crippen molar-refractivity contribution in [2.75, 3.05) is 26.6 Å². The molecule has 0 aromatic carbocycles. The van der Waals surface area contributed by atoms with Gasteiger partial charge in [-0.05, 0) is 7.05 Å². The molecule has 1 rings (SSSR count). The second kappa shape index (κ2) is 9.01. The summed E-state index contributed by atoms with van der Waals surface area (Å²) < 4.78 is 39.2. The van der Waals surface area contributed by atoms with E-state index in [1.165, 1.54) is 7.05 Å². The van der Waals surface area contributed by atoms with Crippen LogP contribution < -0.4 is 113 Å². The first-order valence-corrected chi connectivity index (χ1v) is 4.14. The van der Waals surface area contributed by atoms with Crippen molar-refractivity contribution in [2.24, 2.45) is 0 Å². The molecule has 1 unspecified atom stereocenters. The number of halogens is 3. The molecular formula is C6H10BF3K2N2O2. The number of piperazine rings is 1. The van der Waals surface area contributed by atoms with E-state index in [9.17, 15) is 23.2 Å². The molecule has 1 aliphatic heterocycles. The van der Waals surface area contributed by atoms with Crippen molar-refractivity contribution < 1.29 is 126 Å². The van der Waals surface area contributed by atoms with Crippen molar-refractivity contribution in [3.63, 3.8) is 0 Å². The zero-order valence-electron chi connectivity index (χ0n) is 9.62. The van der Waals surface area contributed by atoms with E-state index in [2.05, 4.69) is 0 Å². The second-order valence-corrected chi connectivity index (χ2v) is 3.28. The van der Waals surface area contributed by atoms with Crippen LogP contribution in [0.1, 0.15) is 0 Å².